The van der Waals surface area contributed by atoms with Gasteiger partial charge in [0, 0.05) is 40.0 Å². The Balaban J connectivity index is 2.18. The smallest absolute Gasteiger partial charge is 0.110 e. The number of benzene rings is 1. The largest absolute Gasteiger partial charge is 0.335 e. The molecule has 0 saturated heterocycles. The van der Waals surface area contributed by atoms with Crippen LogP contribution in [0.25, 0.3) is 0 Å². The second-order valence-corrected chi connectivity index (χ2v) is 6.11. The van der Waals surface area contributed by atoms with Crippen molar-refractivity contribution >= 4 is 34.2 Å². The molecule has 0 saturated carbocycles. The molecule has 1 aromatic carbocycles. The fraction of sp³-hybridized carbons (Fsp3) is 0.357. The van der Waals surface area contributed by atoms with Gasteiger partial charge in [0.15, 0.2) is 0 Å². The molecule has 3 nitrogen and oxygen atoms in total. The lowest BCUT2D eigenvalue weighted by molar-refractivity contribution is 0.598. The summed E-state index contributed by atoms with van der Waals surface area (Å²) in [5, 5.41) is 0.725. The number of imidazole rings is 1. The Hall–Kier alpha value is -0.590. The standard InChI is InChI=1S/C14H17ClIN3/c1-2-6-19-7-5-18-14(19)9-13(17)11-8-10(15)3-4-12(11)16/h3-5,7-8,13H,2,6,9,17H2,1H3. The van der Waals surface area contributed by atoms with Gasteiger partial charge >= 0.3 is 0 Å². The van der Waals surface area contributed by atoms with Crippen molar-refractivity contribution in [2.24, 2.45) is 5.73 Å². The molecule has 2 N–H and O–H groups in total. The number of hydrogen-bond donors (Lipinski definition) is 1. The minimum Gasteiger partial charge on any atom is -0.335 e. The Kier molecular flexibility index (Phi) is 5.24. The van der Waals surface area contributed by atoms with Crippen molar-refractivity contribution < 1.29 is 0 Å². The molecule has 1 atom stereocenters. The van der Waals surface area contributed by atoms with Crippen molar-refractivity contribution in [3.8, 4) is 0 Å². The summed E-state index contributed by atoms with van der Waals surface area (Å²) in [5.74, 6) is 1.03. The molecular weight excluding hydrogens is 373 g/mol. The van der Waals surface area contributed by atoms with Gasteiger partial charge in [-0.2, -0.15) is 0 Å². The van der Waals surface area contributed by atoms with E-state index in [-0.39, 0.29) is 6.04 Å². The van der Waals surface area contributed by atoms with Crippen molar-refractivity contribution in [3.63, 3.8) is 0 Å². The van der Waals surface area contributed by atoms with Crippen LogP contribution in [0.1, 0.15) is 30.8 Å². The van der Waals surface area contributed by atoms with Crippen molar-refractivity contribution in [2.45, 2.75) is 32.4 Å². The third kappa shape index (κ3) is 3.70. The van der Waals surface area contributed by atoms with E-state index in [4.69, 9.17) is 17.3 Å². The van der Waals surface area contributed by atoms with Crippen molar-refractivity contribution in [1.29, 1.82) is 0 Å². The predicted octanol–water partition coefficient (Wildman–Crippen LogP) is 3.79. The fourth-order valence-corrected chi connectivity index (χ4v) is 3.00. The zero-order valence-electron chi connectivity index (χ0n) is 10.8. The first kappa shape index (κ1) is 14.8. The summed E-state index contributed by atoms with van der Waals surface area (Å²) in [4.78, 5) is 4.40. The summed E-state index contributed by atoms with van der Waals surface area (Å²) in [6.45, 7) is 3.14. The lowest BCUT2D eigenvalue weighted by Crippen LogP contribution is -2.17. The number of hydrogen-bond acceptors (Lipinski definition) is 2. The zero-order chi connectivity index (χ0) is 13.8. The quantitative estimate of drug-likeness (QED) is 0.791. The predicted molar refractivity (Wildman–Crippen MR) is 87.3 cm³/mol. The second kappa shape index (κ2) is 6.72. The molecule has 0 spiro atoms. The summed E-state index contributed by atoms with van der Waals surface area (Å²) >= 11 is 8.34. The van der Waals surface area contributed by atoms with Gasteiger partial charge in [0.05, 0.1) is 0 Å². The van der Waals surface area contributed by atoms with E-state index < -0.39 is 0 Å². The first-order valence-electron chi connectivity index (χ1n) is 6.32. The Morgan fingerprint density at radius 1 is 1.47 bits per heavy atom. The van der Waals surface area contributed by atoms with Gasteiger partial charge in [-0.05, 0) is 52.8 Å². The van der Waals surface area contributed by atoms with Gasteiger partial charge in [-0.15, -0.1) is 0 Å². The minimum atomic E-state index is -0.0800. The third-order valence-electron chi connectivity index (χ3n) is 3.03. The second-order valence-electron chi connectivity index (χ2n) is 4.51. The van der Waals surface area contributed by atoms with Crippen LogP contribution in [0.3, 0.4) is 0 Å². The molecule has 2 rings (SSSR count). The van der Waals surface area contributed by atoms with E-state index >= 15 is 0 Å². The van der Waals surface area contributed by atoms with E-state index in [9.17, 15) is 0 Å². The highest BCUT2D eigenvalue weighted by Gasteiger charge is 2.14. The fourth-order valence-electron chi connectivity index (χ4n) is 2.08. The van der Waals surface area contributed by atoms with Gasteiger partial charge in [0.1, 0.15) is 5.82 Å². The van der Waals surface area contributed by atoms with Crippen LogP contribution in [0.5, 0.6) is 0 Å². The molecule has 0 aliphatic heterocycles. The lowest BCUT2D eigenvalue weighted by Gasteiger charge is -2.15. The van der Waals surface area contributed by atoms with Crippen LogP contribution in [0.4, 0.5) is 0 Å². The molecule has 0 radical (unpaired) electrons. The van der Waals surface area contributed by atoms with Gasteiger partial charge in [-0.1, -0.05) is 18.5 Å². The van der Waals surface area contributed by atoms with Gasteiger partial charge in [0.2, 0.25) is 0 Å². The van der Waals surface area contributed by atoms with E-state index in [1.165, 1.54) is 0 Å². The van der Waals surface area contributed by atoms with Crippen molar-refractivity contribution in [1.82, 2.24) is 9.55 Å². The Bertz CT molecular complexity index is 553. The van der Waals surface area contributed by atoms with Crippen LogP contribution in [0.15, 0.2) is 30.6 Å². The summed E-state index contributed by atoms with van der Waals surface area (Å²) in [7, 11) is 0. The summed E-state index contributed by atoms with van der Waals surface area (Å²) in [6, 6.07) is 5.75. The lowest BCUT2D eigenvalue weighted by atomic mass is 10.0. The van der Waals surface area contributed by atoms with Crippen LogP contribution in [-0.4, -0.2) is 9.55 Å². The van der Waals surface area contributed by atoms with Gasteiger partial charge in [-0.25, -0.2) is 4.98 Å². The molecular formula is C14H17ClIN3. The number of rotatable bonds is 5. The molecule has 0 bridgehead atoms. The zero-order valence-corrected chi connectivity index (χ0v) is 13.7. The summed E-state index contributed by atoms with van der Waals surface area (Å²) < 4.78 is 3.31. The Labute approximate surface area is 132 Å². The Morgan fingerprint density at radius 2 is 2.26 bits per heavy atom. The van der Waals surface area contributed by atoms with Crippen LogP contribution in [-0.2, 0) is 13.0 Å². The van der Waals surface area contributed by atoms with Crippen molar-refractivity contribution in [3.05, 3.63) is 50.6 Å². The molecule has 5 heteroatoms. The number of nitrogens with zero attached hydrogens (tertiary/aromatic N) is 2. The maximum Gasteiger partial charge on any atom is 0.110 e. The van der Waals surface area contributed by atoms with E-state index in [2.05, 4.69) is 39.1 Å². The highest BCUT2D eigenvalue weighted by Crippen LogP contribution is 2.24. The van der Waals surface area contributed by atoms with E-state index in [0.29, 0.717) is 0 Å². The molecule has 0 aliphatic rings. The van der Waals surface area contributed by atoms with Crippen LogP contribution in [0, 0.1) is 3.57 Å². The highest BCUT2D eigenvalue weighted by atomic mass is 127. The van der Waals surface area contributed by atoms with E-state index in [0.717, 1.165) is 39.4 Å². The molecule has 1 heterocycles. The van der Waals surface area contributed by atoms with Gasteiger partial charge in [-0.3, -0.25) is 0 Å². The minimum absolute atomic E-state index is 0.0800. The van der Waals surface area contributed by atoms with E-state index in [1.807, 2.05) is 30.6 Å². The van der Waals surface area contributed by atoms with Crippen LogP contribution >= 0.6 is 34.2 Å². The normalized spacial score (nSPS) is 12.6. The number of aromatic nitrogens is 2. The monoisotopic (exact) mass is 389 g/mol. The molecule has 1 aromatic heterocycles. The molecule has 1 unspecified atom stereocenters. The molecule has 102 valence electrons. The highest BCUT2D eigenvalue weighted by molar-refractivity contribution is 14.1. The molecule has 0 fully saturated rings. The van der Waals surface area contributed by atoms with E-state index in [1.54, 1.807) is 0 Å². The number of aryl methyl sites for hydroxylation is 1. The van der Waals surface area contributed by atoms with Gasteiger partial charge in [0.25, 0.3) is 0 Å². The van der Waals surface area contributed by atoms with Gasteiger partial charge < -0.3 is 10.3 Å². The molecule has 0 amide bonds. The van der Waals surface area contributed by atoms with Crippen LogP contribution in [0.2, 0.25) is 5.02 Å². The average molecular weight is 390 g/mol. The molecule has 19 heavy (non-hydrogen) atoms. The maximum atomic E-state index is 6.30. The van der Waals surface area contributed by atoms with Crippen molar-refractivity contribution in [2.75, 3.05) is 0 Å². The Morgan fingerprint density at radius 3 is 3.00 bits per heavy atom. The first-order chi connectivity index (χ1) is 9.11. The number of nitrogens with two attached hydrogens (primary N) is 1. The number of halogens is 2. The first-order valence-corrected chi connectivity index (χ1v) is 7.78. The summed E-state index contributed by atoms with van der Waals surface area (Å²) in [6.07, 6.45) is 5.66. The van der Waals surface area contributed by atoms with Crippen LogP contribution < -0.4 is 5.73 Å². The maximum absolute atomic E-state index is 6.30. The topological polar surface area (TPSA) is 43.8 Å². The molecule has 0 aliphatic carbocycles. The molecule has 2 aromatic rings. The SMILES string of the molecule is CCCn1ccnc1CC(N)c1cc(Cl)ccc1I. The average Bonchev–Trinajstić information content (AvgIpc) is 2.80. The third-order valence-corrected chi connectivity index (χ3v) is 4.24. The summed E-state index contributed by atoms with van der Waals surface area (Å²) in [5.41, 5.74) is 7.39.